The SMILES string of the molecule is COc1cccc2sc(N(CCN(C)C)C(=O)CS(=O)(=O)c3ccc(Cl)cc3)nc12. The highest BCUT2D eigenvalue weighted by Gasteiger charge is 2.27. The van der Waals surface area contributed by atoms with Gasteiger partial charge in [0.15, 0.2) is 15.0 Å². The Morgan fingerprint density at radius 1 is 1.13 bits per heavy atom. The molecule has 2 aromatic carbocycles. The molecule has 0 radical (unpaired) electrons. The van der Waals surface area contributed by atoms with E-state index >= 15 is 0 Å². The Labute approximate surface area is 184 Å². The lowest BCUT2D eigenvalue weighted by Gasteiger charge is -2.22. The van der Waals surface area contributed by atoms with Gasteiger partial charge in [0, 0.05) is 18.1 Å². The maximum Gasteiger partial charge on any atom is 0.244 e. The van der Waals surface area contributed by atoms with Crippen molar-refractivity contribution in [3.63, 3.8) is 0 Å². The van der Waals surface area contributed by atoms with Gasteiger partial charge >= 0.3 is 0 Å². The second-order valence-electron chi connectivity index (χ2n) is 6.87. The number of sulfone groups is 1. The Morgan fingerprint density at radius 3 is 2.47 bits per heavy atom. The van der Waals surface area contributed by atoms with E-state index in [-0.39, 0.29) is 4.90 Å². The highest BCUT2D eigenvalue weighted by atomic mass is 35.5. The number of thiazole rings is 1. The number of likely N-dealkylation sites (N-methyl/N-ethyl adjacent to an activating group) is 1. The summed E-state index contributed by atoms with van der Waals surface area (Å²) in [6, 6.07) is 11.3. The molecule has 7 nitrogen and oxygen atoms in total. The number of anilines is 1. The number of carbonyl (C=O) groups excluding carboxylic acids is 1. The molecule has 0 N–H and O–H groups in total. The van der Waals surface area contributed by atoms with Gasteiger partial charge in [-0.3, -0.25) is 9.69 Å². The number of ether oxygens (including phenoxy) is 1. The number of benzene rings is 2. The number of hydrogen-bond donors (Lipinski definition) is 0. The molecule has 0 bridgehead atoms. The number of hydrogen-bond acceptors (Lipinski definition) is 7. The molecule has 1 amide bonds. The van der Waals surface area contributed by atoms with Gasteiger partial charge in [-0.2, -0.15) is 0 Å². The number of rotatable bonds is 8. The zero-order chi connectivity index (χ0) is 21.9. The van der Waals surface area contributed by atoms with Crippen LogP contribution in [0.5, 0.6) is 5.75 Å². The van der Waals surface area contributed by atoms with E-state index in [2.05, 4.69) is 4.98 Å². The Bertz CT molecular complexity index is 1140. The van der Waals surface area contributed by atoms with Gasteiger partial charge in [-0.05, 0) is 50.5 Å². The summed E-state index contributed by atoms with van der Waals surface area (Å²) in [6.07, 6.45) is 0. The van der Waals surface area contributed by atoms with Crippen molar-refractivity contribution in [1.29, 1.82) is 0 Å². The lowest BCUT2D eigenvalue weighted by molar-refractivity contribution is -0.116. The van der Waals surface area contributed by atoms with E-state index in [1.807, 2.05) is 31.1 Å². The smallest absolute Gasteiger partial charge is 0.244 e. The molecule has 0 fully saturated rings. The summed E-state index contributed by atoms with van der Waals surface area (Å²) in [5.74, 6) is -0.594. The van der Waals surface area contributed by atoms with Crippen molar-refractivity contribution in [1.82, 2.24) is 9.88 Å². The largest absolute Gasteiger partial charge is 0.494 e. The van der Waals surface area contributed by atoms with Gasteiger partial charge in [0.05, 0.1) is 16.7 Å². The van der Waals surface area contributed by atoms with Crippen molar-refractivity contribution < 1.29 is 17.9 Å². The third-order valence-corrected chi connectivity index (χ3v) is 7.29. The van der Waals surface area contributed by atoms with Gasteiger partial charge in [0.2, 0.25) is 5.91 Å². The molecule has 0 aliphatic carbocycles. The minimum absolute atomic E-state index is 0.0544. The Kier molecular flexibility index (Phi) is 6.97. The van der Waals surface area contributed by atoms with E-state index in [1.54, 1.807) is 13.2 Å². The summed E-state index contributed by atoms with van der Waals surface area (Å²) in [7, 11) is 1.50. The van der Waals surface area contributed by atoms with Crippen LogP contribution in [0.2, 0.25) is 5.02 Å². The molecule has 0 unspecified atom stereocenters. The number of methoxy groups -OCH3 is 1. The zero-order valence-corrected chi connectivity index (χ0v) is 19.2. The normalized spacial score (nSPS) is 11.8. The second kappa shape index (κ2) is 9.30. The van der Waals surface area contributed by atoms with Gasteiger partial charge in [-0.15, -0.1) is 0 Å². The first-order valence-electron chi connectivity index (χ1n) is 9.08. The summed E-state index contributed by atoms with van der Waals surface area (Å²) in [5.41, 5.74) is 0.642. The van der Waals surface area contributed by atoms with Crippen LogP contribution in [0.25, 0.3) is 10.2 Å². The predicted molar refractivity (Wildman–Crippen MR) is 121 cm³/mol. The molecule has 10 heteroatoms. The maximum absolute atomic E-state index is 13.1. The fourth-order valence-corrected chi connectivity index (χ4v) is 5.14. The van der Waals surface area contributed by atoms with Crippen molar-refractivity contribution in [3.05, 3.63) is 47.5 Å². The Balaban J connectivity index is 1.93. The van der Waals surface area contributed by atoms with Crippen LogP contribution in [0.3, 0.4) is 0 Å². The van der Waals surface area contributed by atoms with E-state index in [9.17, 15) is 13.2 Å². The molecule has 0 saturated heterocycles. The molecule has 3 rings (SSSR count). The maximum atomic E-state index is 13.1. The van der Waals surface area contributed by atoms with Crippen molar-refractivity contribution >= 4 is 54.0 Å². The first kappa shape index (κ1) is 22.5. The van der Waals surface area contributed by atoms with Gasteiger partial charge in [-0.1, -0.05) is 29.0 Å². The number of nitrogens with zero attached hydrogens (tertiary/aromatic N) is 3. The van der Waals surface area contributed by atoms with Crippen LogP contribution in [0, 0.1) is 0 Å². The van der Waals surface area contributed by atoms with E-state index < -0.39 is 21.5 Å². The molecule has 0 aliphatic rings. The summed E-state index contributed by atoms with van der Waals surface area (Å²) < 4.78 is 31.7. The first-order valence-corrected chi connectivity index (χ1v) is 11.9. The highest BCUT2D eigenvalue weighted by molar-refractivity contribution is 7.92. The fraction of sp³-hybridized carbons (Fsp3) is 0.300. The monoisotopic (exact) mass is 467 g/mol. The molecule has 3 aromatic rings. The third kappa shape index (κ3) is 5.10. The van der Waals surface area contributed by atoms with Crippen LogP contribution in [0.4, 0.5) is 5.13 Å². The van der Waals surface area contributed by atoms with Crippen molar-refractivity contribution in [3.8, 4) is 5.75 Å². The highest BCUT2D eigenvalue weighted by Crippen LogP contribution is 2.34. The quantitative estimate of drug-likeness (QED) is 0.505. The molecule has 1 heterocycles. The lowest BCUT2D eigenvalue weighted by atomic mass is 10.3. The minimum Gasteiger partial charge on any atom is -0.494 e. The van der Waals surface area contributed by atoms with Crippen LogP contribution in [-0.4, -0.2) is 64.3 Å². The summed E-state index contributed by atoms with van der Waals surface area (Å²) in [6.45, 7) is 0.865. The van der Waals surface area contributed by atoms with E-state index in [0.29, 0.717) is 34.5 Å². The standard InChI is InChI=1S/C20H22ClN3O4S2/c1-23(2)11-12-24(20-22-19-16(28-3)5-4-6-17(19)29-20)18(25)13-30(26,27)15-9-7-14(21)8-10-15/h4-10H,11-13H2,1-3H3. The average Bonchev–Trinajstić information content (AvgIpc) is 3.11. The van der Waals surface area contributed by atoms with E-state index in [0.717, 1.165) is 4.70 Å². The van der Waals surface area contributed by atoms with Gasteiger partial charge < -0.3 is 9.64 Å². The van der Waals surface area contributed by atoms with Crippen LogP contribution >= 0.6 is 22.9 Å². The van der Waals surface area contributed by atoms with Crippen molar-refractivity contribution in [2.75, 3.05) is 44.9 Å². The van der Waals surface area contributed by atoms with E-state index in [1.165, 1.54) is 40.5 Å². The number of para-hydroxylation sites is 1. The minimum atomic E-state index is -3.82. The molecular formula is C20H22ClN3O4S2. The summed E-state index contributed by atoms with van der Waals surface area (Å²) in [4.78, 5) is 21.0. The molecule has 160 valence electrons. The van der Waals surface area contributed by atoms with Crippen LogP contribution in [-0.2, 0) is 14.6 Å². The van der Waals surface area contributed by atoms with Gasteiger partial charge in [0.1, 0.15) is 17.0 Å². The molecule has 0 spiro atoms. The van der Waals surface area contributed by atoms with Crippen LogP contribution in [0.15, 0.2) is 47.4 Å². The fourth-order valence-electron chi connectivity index (χ4n) is 2.78. The average molecular weight is 468 g/mol. The summed E-state index contributed by atoms with van der Waals surface area (Å²) >= 11 is 7.16. The number of halogens is 1. The molecule has 1 aromatic heterocycles. The predicted octanol–water partition coefficient (Wildman–Crippen LogP) is 3.33. The van der Waals surface area contributed by atoms with Crippen molar-refractivity contribution in [2.45, 2.75) is 4.90 Å². The number of carbonyl (C=O) groups is 1. The Hall–Kier alpha value is -2.20. The van der Waals surface area contributed by atoms with Crippen molar-refractivity contribution in [2.24, 2.45) is 0 Å². The summed E-state index contributed by atoms with van der Waals surface area (Å²) in [5, 5.41) is 0.865. The Morgan fingerprint density at radius 2 is 1.83 bits per heavy atom. The number of fused-ring (bicyclic) bond motifs is 1. The van der Waals surface area contributed by atoms with Gasteiger partial charge in [-0.25, -0.2) is 13.4 Å². The third-order valence-electron chi connectivity index (χ3n) is 4.38. The molecular weight excluding hydrogens is 446 g/mol. The topological polar surface area (TPSA) is 79.8 Å². The molecule has 30 heavy (non-hydrogen) atoms. The molecule has 0 atom stereocenters. The molecule has 0 saturated carbocycles. The first-order chi connectivity index (χ1) is 14.2. The van der Waals surface area contributed by atoms with Crippen LogP contribution < -0.4 is 9.64 Å². The number of amides is 1. The molecule has 0 aliphatic heterocycles. The van der Waals surface area contributed by atoms with Gasteiger partial charge in [0.25, 0.3) is 0 Å². The second-order valence-corrected chi connectivity index (χ2v) is 10.3. The van der Waals surface area contributed by atoms with E-state index in [4.69, 9.17) is 16.3 Å². The lowest BCUT2D eigenvalue weighted by Crippen LogP contribution is -2.40. The number of aromatic nitrogens is 1. The zero-order valence-electron chi connectivity index (χ0n) is 16.8. The van der Waals surface area contributed by atoms with Crippen LogP contribution in [0.1, 0.15) is 0 Å².